The lowest BCUT2D eigenvalue weighted by Crippen LogP contribution is -2.34. The molecule has 0 unspecified atom stereocenters. The van der Waals surface area contributed by atoms with Gasteiger partial charge in [-0.15, -0.1) is 4.98 Å². The van der Waals surface area contributed by atoms with E-state index < -0.39 is 0 Å². The molecule has 1 N–H and O–H groups in total. The van der Waals surface area contributed by atoms with Crippen LogP contribution < -0.4 is 14.4 Å². The number of hydrogen-bond acceptors (Lipinski definition) is 7. The smallest absolute Gasteiger partial charge is 0.324 e. The highest BCUT2D eigenvalue weighted by Crippen LogP contribution is 2.18. The zero-order valence-corrected chi connectivity index (χ0v) is 11.3. The molecule has 0 bridgehead atoms. The summed E-state index contributed by atoms with van der Waals surface area (Å²) in [5, 5.41) is 8.92. The van der Waals surface area contributed by atoms with E-state index in [4.69, 9.17) is 14.6 Å². The largest absolute Gasteiger partial charge is 0.467 e. The summed E-state index contributed by atoms with van der Waals surface area (Å²) in [4.78, 5) is 14.3. The molecule has 0 aromatic carbocycles. The van der Waals surface area contributed by atoms with E-state index in [1.54, 1.807) is 0 Å². The van der Waals surface area contributed by atoms with Crippen LogP contribution in [0.25, 0.3) is 0 Å². The summed E-state index contributed by atoms with van der Waals surface area (Å²) in [6.07, 6.45) is 0.647. The van der Waals surface area contributed by atoms with Crippen molar-refractivity contribution in [2.75, 3.05) is 32.3 Å². The van der Waals surface area contributed by atoms with Gasteiger partial charge in [-0.05, 0) is 20.3 Å². The second-order valence-electron chi connectivity index (χ2n) is 3.97. The number of nitrogens with zero attached hydrogens (tertiary/aromatic N) is 4. The summed E-state index contributed by atoms with van der Waals surface area (Å²) in [7, 11) is 2.98. The molecule has 0 saturated carbocycles. The number of anilines is 1. The van der Waals surface area contributed by atoms with E-state index >= 15 is 0 Å². The fraction of sp³-hybridized carbons (Fsp3) is 0.727. The molecule has 0 aliphatic heterocycles. The Morgan fingerprint density at radius 2 is 1.67 bits per heavy atom. The van der Waals surface area contributed by atoms with Crippen molar-refractivity contribution in [2.45, 2.75) is 26.3 Å². The Labute approximate surface area is 107 Å². The van der Waals surface area contributed by atoms with Gasteiger partial charge in [-0.25, -0.2) is 0 Å². The summed E-state index contributed by atoms with van der Waals surface area (Å²) in [6, 6.07) is 0.631. The number of methoxy groups -OCH3 is 2. The van der Waals surface area contributed by atoms with E-state index in [-0.39, 0.29) is 24.7 Å². The van der Waals surface area contributed by atoms with Gasteiger partial charge in [0, 0.05) is 19.2 Å². The van der Waals surface area contributed by atoms with Crippen LogP contribution in [0.4, 0.5) is 5.95 Å². The molecule has 0 radical (unpaired) electrons. The number of aromatic nitrogens is 3. The van der Waals surface area contributed by atoms with E-state index in [9.17, 15) is 0 Å². The first-order valence-corrected chi connectivity index (χ1v) is 5.84. The molecular formula is C11H20N4O3. The van der Waals surface area contributed by atoms with Crippen LogP contribution in [-0.4, -0.2) is 53.5 Å². The summed E-state index contributed by atoms with van der Waals surface area (Å²) >= 11 is 0. The van der Waals surface area contributed by atoms with Crippen LogP contribution in [0.1, 0.15) is 20.3 Å². The Balaban J connectivity index is 3.02. The zero-order chi connectivity index (χ0) is 13.5. The van der Waals surface area contributed by atoms with Crippen molar-refractivity contribution >= 4 is 5.95 Å². The lowest BCUT2D eigenvalue weighted by Gasteiger charge is -2.26. The van der Waals surface area contributed by atoms with Gasteiger partial charge in [0.2, 0.25) is 5.95 Å². The van der Waals surface area contributed by atoms with Crippen LogP contribution >= 0.6 is 0 Å². The number of rotatable bonds is 7. The first kappa shape index (κ1) is 14.4. The number of ether oxygens (including phenoxy) is 2. The predicted molar refractivity (Wildman–Crippen MR) is 67.1 cm³/mol. The van der Waals surface area contributed by atoms with Gasteiger partial charge in [0.1, 0.15) is 0 Å². The topological polar surface area (TPSA) is 80.6 Å². The monoisotopic (exact) mass is 256 g/mol. The quantitative estimate of drug-likeness (QED) is 0.760. The van der Waals surface area contributed by atoms with Crippen LogP contribution in [0.2, 0.25) is 0 Å². The molecule has 1 heterocycles. The molecule has 1 aromatic heterocycles. The SMILES string of the molecule is COc1nc(OC)nc(N(CCCO)C(C)C)n1. The average Bonchev–Trinajstić information content (AvgIpc) is 2.38. The molecule has 1 aromatic rings. The highest BCUT2D eigenvalue weighted by atomic mass is 16.5. The van der Waals surface area contributed by atoms with Gasteiger partial charge in [0.15, 0.2) is 0 Å². The maximum Gasteiger partial charge on any atom is 0.324 e. The Morgan fingerprint density at radius 1 is 1.11 bits per heavy atom. The fourth-order valence-corrected chi connectivity index (χ4v) is 1.47. The molecule has 7 heteroatoms. The van der Waals surface area contributed by atoms with Crippen molar-refractivity contribution in [2.24, 2.45) is 0 Å². The Morgan fingerprint density at radius 3 is 2.06 bits per heavy atom. The summed E-state index contributed by atoms with van der Waals surface area (Å²) < 4.78 is 10.0. The lowest BCUT2D eigenvalue weighted by atomic mass is 10.3. The highest BCUT2D eigenvalue weighted by Gasteiger charge is 2.16. The van der Waals surface area contributed by atoms with Gasteiger partial charge in [-0.2, -0.15) is 9.97 Å². The lowest BCUT2D eigenvalue weighted by molar-refractivity contribution is 0.288. The maximum absolute atomic E-state index is 8.92. The third-order valence-electron chi connectivity index (χ3n) is 2.39. The molecule has 0 saturated heterocycles. The van der Waals surface area contributed by atoms with Crippen molar-refractivity contribution in [1.29, 1.82) is 0 Å². The maximum atomic E-state index is 8.92. The van der Waals surface area contributed by atoms with Gasteiger partial charge in [0.05, 0.1) is 14.2 Å². The molecule has 0 spiro atoms. The summed E-state index contributed by atoms with van der Waals surface area (Å²) in [5.74, 6) is 0.488. The molecule has 18 heavy (non-hydrogen) atoms. The molecular weight excluding hydrogens is 236 g/mol. The standard InChI is InChI=1S/C11H20N4O3/c1-8(2)15(6-5-7-16)9-12-10(17-3)14-11(13-9)18-4/h8,16H,5-7H2,1-4H3. The minimum Gasteiger partial charge on any atom is -0.467 e. The Hall–Kier alpha value is -1.63. The molecule has 0 aliphatic rings. The second kappa shape index (κ2) is 6.95. The minimum absolute atomic E-state index is 0.128. The van der Waals surface area contributed by atoms with E-state index in [2.05, 4.69) is 15.0 Å². The van der Waals surface area contributed by atoms with Crippen molar-refractivity contribution in [3.05, 3.63) is 0 Å². The van der Waals surface area contributed by atoms with Crippen molar-refractivity contribution < 1.29 is 14.6 Å². The molecule has 0 fully saturated rings. The van der Waals surface area contributed by atoms with Crippen LogP contribution in [0, 0.1) is 0 Å². The fourth-order valence-electron chi connectivity index (χ4n) is 1.47. The van der Waals surface area contributed by atoms with Gasteiger partial charge in [-0.1, -0.05) is 0 Å². The number of aliphatic hydroxyl groups excluding tert-OH is 1. The van der Waals surface area contributed by atoms with Gasteiger partial charge < -0.3 is 19.5 Å². The summed E-state index contributed by atoms with van der Waals surface area (Å²) in [6.45, 7) is 4.84. The van der Waals surface area contributed by atoms with Crippen LogP contribution in [-0.2, 0) is 0 Å². The van der Waals surface area contributed by atoms with E-state index in [0.717, 1.165) is 0 Å². The average molecular weight is 256 g/mol. The highest BCUT2D eigenvalue weighted by molar-refractivity contribution is 5.33. The van der Waals surface area contributed by atoms with Crippen LogP contribution in [0.15, 0.2) is 0 Å². The van der Waals surface area contributed by atoms with Crippen LogP contribution in [0.3, 0.4) is 0 Å². The predicted octanol–water partition coefficient (Wildman–Crippen LogP) is 0.486. The van der Waals surface area contributed by atoms with E-state index in [1.807, 2.05) is 18.7 Å². The van der Waals surface area contributed by atoms with Crippen molar-refractivity contribution in [3.8, 4) is 12.0 Å². The molecule has 1 rings (SSSR count). The van der Waals surface area contributed by atoms with E-state index in [0.29, 0.717) is 18.9 Å². The van der Waals surface area contributed by atoms with Crippen molar-refractivity contribution in [3.63, 3.8) is 0 Å². The van der Waals surface area contributed by atoms with Gasteiger partial charge >= 0.3 is 12.0 Å². The van der Waals surface area contributed by atoms with Gasteiger partial charge in [-0.3, -0.25) is 0 Å². The molecule has 0 aliphatic carbocycles. The van der Waals surface area contributed by atoms with Crippen molar-refractivity contribution in [1.82, 2.24) is 15.0 Å². The molecule has 0 amide bonds. The Bertz CT molecular complexity index is 351. The van der Waals surface area contributed by atoms with E-state index in [1.165, 1.54) is 14.2 Å². The molecule has 0 atom stereocenters. The first-order chi connectivity index (χ1) is 8.62. The molecule has 7 nitrogen and oxygen atoms in total. The number of hydrogen-bond donors (Lipinski definition) is 1. The van der Waals surface area contributed by atoms with Crippen LogP contribution in [0.5, 0.6) is 12.0 Å². The second-order valence-corrected chi connectivity index (χ2v) is 3.97. The normalized spacial score (nSPS) is 10.6. The molecule has 102 valence electrons. The third kappa shape index (κ3) is 3.69. The third-order valence-corrected chi connectivity index (χ3v) is 2.39. The Kier molecular flexibility index (Phi) is 5.57. The zero-order valence-electron chi connectivity index (χ0n) is 11.3. The first-order valence-electron chi connectivity index (χ1n) is 5.84. The summed E-state index contributed by atoms with van der Waals surface area (Å²) in [5.41, 5.74) is 0. The van der Waals surface area contributed by atoms with Gasteiger partial charge in [0.25, 0.3) is 0 Å². The minimum atomic E-state index is 0.128. The number of aliphatic hydroxyl groups is 1.